The zero-order chi connectivity index (χ0) is 64.1. The molecular formula is C64H35B2F19O3. The predicted molar refractivity (Wildman–Crippen MR) is 291 cm³/mol. The second-order valence-corrected chi connectivity index (χ2v) is 18.3. The molecule has 0 N–H and O–H groups in total. The number of hydrogen-bond donors (Lipinski definition) is 0. The summed E-state index contributed by atoms with van der Waals surface area (Å²) in [6.45, 7) is 0. The number of allylic oxidation sites excluding steroid dienone is 10. The number of benzene rings is 8. The molecular weight excluding hydrogens is 1200 g/mol. The van der Waals surface area contributed by atoms with Gasteiger partial charge in [0.25, 0.3) is 0 Å². The summed E-state index contributed by atoms with van der Waals surface area (Å²) >= 11 is 0. The van der Waals surface area contributed by atoms with Gasteiger partial charge in [0.15, 0.2) is 69.8 Å². The van der Waals surface area contributed by atoms with E-state index >= 15 is 17.6 Å². The van der Waals surface area contributed by atoms with E-state index in [0.717, 1.165) is 0 Å². The molecule has 8 aromatic carbocycles. The molecule has 10 rings (SSSR count). The van der Waals surface area contributed by atoms with Crippen molar-refractivity contribution in [3.05, 3.63) is 346 Å². The molecule has 2 aliphatic rings. The summed E-state index contributed by atoms with van der Waals surface area (Å²) in [7, 11) is -3.05. The van der Waals surface area contributed by atoms with Crippen LogP contribution in [0, 0.1) is 106 Å². The van der Waals surface area contributed by atoms with E-state index in [1.807, 2.05) is 0 Å². The average molecular weight is 1230 g/mol. The van der Waals surface area contributed by atoms with Crippen molar-refractivity contribution in [1.82, 2.24) is 0 Å². The van der Waals surface area contributed by atoms with E-state index in [2.05, 4.69) is 187 Å². The Bertz CT molecular complexity index is 3620. The quantitative estimate of drug-likeness (QED) is 0.0342. The highest BCUT2D eigenvalue weighted by Gasteiger charge is 2.45. The fourth-order valence-corrected chi connectivity index (χ4v) is 9.39. The molecule has 88 heavy (non-hydrogen) atoms. The first-order valence-electron chi connectivity index (χ1n) is 25.2. The lowest BCUT2D eigenvalue weighted by molar-refractivity contribution is -0.379. The summed E-state index contributed by atoms with van der Waals surface area (Å²) < 4.78 is 268. The second kappa shape index (κ2) is 29.1. The summed E-state index contributed by atoms with van der Waals surface area (Å²) in [5.41, 5.74) is 1.00. The molecule has 0 spiro atoms. The van der Waals surface area contributed by atoms with Crippen LogP contribution in [0.15, 0.2) is 217 Å². The molecule has 0 aliphatic heterocycles. The molecule has 0 unspecified atom stereocenters. The molecule has 448 valence electrons. The number of hydrogen-bond acceptors (Lipinski definition) is 3. The molecule has 0 heterocycles. The summed E-state index contributed by atoms with van der Waals surface area (Å²) in [5, 5.41) is 18.5. The van der Waals surface area contributed by atoms with Crippen molar-refractivity contribution in [2.75, 3.05) is 0 Å². The van der Waals surface area contributed by atoms with Gasteiger partial charge in [-0.3, -0.25) is 0 Å². The van der Waals surface area contributed by atoms with Gasteiger partial charge in [-0.15, -0.1) is 0 Å². The molecule has 0 amide bonds. The van der Waals surface area contributed by atoms with E-state index in [0.29, 0.717) is 0 Å². The molecule has 24 heteroatoms. The summed E-state index contributed by atoms with van der Waals surface area (Å²) in [5.74, 6) is -44.3. The van der Waals surface area contributed by atoms with Gasteiger partial charge < -0.3 is 14.7 Å². The standard InChI is InChI=1S/C24H4BF16.2C19H15.C2BF3O3/c26-9-1-5(13(30)21(38)17(9)34)25(6-2-10(27)18(35)22(39)14(6)31,7-3-11(28)19(36)23(40)15(7)32)8-4-12(29)20(37)24(41)16(8)33;2*1-4-10-16(11-5-1)19(17-12-6-2-7-13-17)18-14-8-3-9-15-18;4-1(5)2(6)9-3(7)8/h1-4H;2*1-15H;/q-1;2*+1;-2/p+1. The zero-order valence-electron chi connectivity index (χ0n) is 45.2. The normalized spacial score (nSPS) is 12.1. The first-order chi connectivity index (χ1) is 41.9. The van der Waals surface area contributed by atoms with Gasteiger partial charge in [0.05, 0.1) is 11.1 Å². The molecule has 0 radical (unpaired) electrons. The van der Waals surface area contributed by atoms with Crippen molar-refractivity contribution < 1.29 is 99.5 Å². The van der Waals surface area contributed by atoms with Crippen LogP contribution in [-0.4, -0.2) is 13.5 Å². The molecule has 0 bridgehead atoms. The van der Waals surface area contributed by atoms with Gasteiger partial charge in [0, 0.05) is 83.7 Å². The minimum absolute atomic E-state index is 0. The Labute approximate surface area is 490 Å². The fourth-order valence-electron chi connectivity index (χ4n) is 9.39. The summed E-state index contributed by atoms with van der Waals surface area (Å²) in [4.78, 5) is 0. The molecule has 2 aliphatic carbocycles. The Morgan fingerprint density at radius 3 is 0.795 bits per heavy atom. The Hall–Kier alpha value is -9.80. The average Bonchev–Trinajstić information content (AvgIpc) is 0.715. The van der Waals surface area contributed by atoms with Crippen molar-refractivity contribution in [1.29, 1.82) is 0 Å². The van der Waals surface area contributed by atoms with Crippen LogP contribution >= 0.6 is 0 Å². The van der Waals surface area contributed by atoms with E-state index in [1.54, 1.807) is 0 Å². The number of halogens is 19. The molecule has 3 nitrogen and oxygen atoms in total. The Balaban J connectivity index is 0.000000217. The van der Waals surface area contributed by atoms with Crippen LogP contribution in [0.4, 0.5) is 83.4 Å². The van der Waals surface area contributed by atoms with Gasteiger partial charge in [-0.05, 0) is 48.5 Å². The monoisotopic (exact) mass is 1230 g/mol. The van der Waals surface area contributed by atoms with Crippen LogP contribution in [0.1, 0.15) is 23.7 Å². The SMILES string of the molecule is C1=C[CH+]C(=C(c2ccccc2)c2ccccc2)C=C1.C1=C[CH+]C(=C(c2ccccc2)c2ccccc2)C=C1.Fc1cc([B-](c2cc(F)c(F)c(F)c2F)(c2cc(F)c(F)c(F)c2F)c2cc(F)c(F)c(F)c2F)c(F)c(F)c1F.[H+].[O-]B([O-])OC(F)=C(F)F. The van der Waals surface area contributed by atoms with Crippen molar-refractivity contribution in [2.45, 2.75) is 0 Å². The minimum atomic E-state index is -5.62. The van der Waals surface area contributed by atoms with Gasteiger partial charge in [-0.25, -0.2) is 70.2 Å². The lowest BCUT2D eigenvalue weighted by Gasteiger charge is -2.44. The molecule has 0 saturated heterocycles. The third-order valence-corrected chi connectivity index (χ3v) is 13.1. The van der Waals surface area contributed by atoms with Crippen molar-refractivity contribution >= 4 is 46.5 Å². The van der Waals surface area contributed by atoms with Crippen LogP contribution < -0.4 is 31.9 Å². The second-order valence-electron chi connectivity index (χ2n) is 18.3. The van der Waals surface area contributed by atoms with E-state index in [1.165, 1.54) is 44.5 Å². The first-order valence-corrected chi connectivity index (χ1v) is 25.2. The van der Waals surface area contributed by atoms with Gasteiger partial charge in [-0.2, -0.15) is 35.0 Å². The van der Waals surface area contributed by atoms with E-state index in [4.69, 9.17) is 0 Å². The first kappa shape index (κ1) is 65.7. The van der Waals surface area contributed by atoms with Crippen LogP contribution in [0.5, 0.6) is 0 Å². The Kier molecular flexibility index (Phi) is 21.7. The largest absolute Gasteiger partial charge is 1.00 e. The maximum Gasteiger partial charge on any atom is 1.00 e. The minimum Gasteiger partial charge on any atom is -0.860 e. The van der Waals surface area contributed by atoms with Crippen LogP contribution in [0.2, 0.25) is 0 Å². The van der Waals surface area contributed by atoms with E-state index in [9.17, 15) is 75.9 Å². The Morgan fingerprint density at radius 2 is 0.602 bits per heavy atom. The highest BCUT2D eigenvalue weighted by Crippen LogP contribution is 2.33. The Morgan fingerprint density at radius 1 is 0.352 bits per heavy atom. The third kappa shape index (κ3) is 14.2. The number of rotatable bonds is 10. The van der Waals surface area contributed by atoms with E-state index in [-0.39, 0.29) is 1.43 Å². The maximum atomic E-state index is 15.3. The van der Waals surface area contributed by atoms with Crippen molar-refractivity contribution in [3.63, 3.8) is 0 Å². The topological polar surface area (TPSA) is 55.3 Å². The summed E-state index contributed by atoms with van der Waals surface area (Å²) in [6, 6.07) is 37.3. The van der Waals surface area contributed by atoms with Gasteiger partial charge >= 0.3 is 13.5 Å². The van der Waals surface area contributed by atoms with Crippen molar-refractivity contribution in [2.24, 2.45) is 0 Å². The van der Waals surface area contributed by atoms with Crippen LogP contribution in [0.3, 0.4) is 0 Å². The van der Waals surface area contributed by atoms with Crippen LogP contribution in [-0.2, 0) is 4.65 Å². The predicted octanol–water partition coefficient (Wildman–Crippen LogP) is 13.8. The molecule has 0 aromatic heterocycles. The molecule has 0 atom stereocenters. The van der Waals surface area contributed by atoms with Gasteiger partial charge in [0.2, 0.25) is 0 Å². The van der Waals surface area contributed by atoms with Gasteiger partial charge in [-0.1, -0.05) is 97.1 Å². The molecule has 0 saturated carbocycles. The maximum absolute atomic E-state index is 15.3. The molecule has 0 fully saturated rings. The highest BCUT2D eigenvalue weighted by atomic mass is 19.3. The van der Waals surface area contributed by atoms with E-state index < -0.39 is 165 Å². The van der Waals surface area contributed by atoms with Crippen LogP contribution in [0.25, 0.3) is 11.1 Å². The lowest BCUT2D eigenvalue weighted by atomic mass is 9.12. The lowest BCUT2D eigenvalue weighted by Crippen LogP contribution is -2.78. The third-order valence-electron chi connectivity index (χ3n) is 13.1. The fraction of sp³-hybridized carbons (Fsp3) is 0. The molecule has 8 aromatic rings. The smallest absolute Gasteiger partial charge is 0.860 e. The van der Waals surface area contributed by atoms with Crippen molar-refractivity contribution in [3.8, 4) is 0 Å². The summed E-state index contributed by atoms with van der Waals surface area (Å²) in [6.07, 6.45) is 12.7. The highest BCUT2D eigenvalue weighted by molar-refractivity contribution is 7.20. The van der Waals surface area contributed by atoms with Gasteiger partial charge in [0.1, 0.15) is 47.9 Å². The zero-order valence-corrected chi connectivity index (χ0v) is 44.2.